The van der Waals surface area contributed by atoms with E-state index in [0.29, 0.717) is 25.1 Å². The first-order valence-corrected chi connectivity index (χ1v) is 5.16. The van der Waals surface area contributed by atoms with Gasteiger partial charge in [0.25, 0.3) is 0 Å². The van der Waals surface area contributed by atoms with Crippen molar-refractivity contribution in [3.63, 3.8) is 0 Å². The maximum Gasteiger partial charge on any atom is 0.386 e. The lowest BCUT2D eigenvalue weighted by atomic mass is 10.2. The zero-order chi connectivity index (χ0) is 12.0. The van der Waals surface area contributed by atoms with Crippen LogP contribution in [0.1, 0.15) is 19.8 Å². The molecular formula is C10H15N3O3. The fourth-order valence-electron chi connectivity index (χ4n) is 1.26. The number of pyridine rings is 1. The maximum atomic E-state index is 10.6. The first kappa shape index (κ1) is 12.4. The van der Waals surface area contributed by atoms with E-state index >= 15 is 0 Å². The van der Waals surface area contributed by atoms with Crippen LogP contribution in [0.3, 0.4) is 0 Å². The number of hydrogen-bond acceptors (Lipinski definition) is 5. The molecule has 0 aromatic carbocycles. The van der Waals surface area contributed by atoms with Crippen molar-refractivity contribution in [1.82, 2.24) is 4.98 Å². The summed E-state index contributed by atoms with van der Waals surface area (Å²) in [5, 5.41) is 22.8. The molecule has 1 unspecified atom stereocenters. The number of nitro groups is 1. The predicted molar refractivity (Wildman–Crippen MR) is 60.3 cm³/mol. The van der Waals surface area contributed by atoms with Crippen molar-refractivity contribution in [3.05, 3.63) is 28.4 Å². The minimum atomic E-state index is -0.529. The van der Waals surface area contributed by atoms with Crippen LogP contribution in [0.5, 0.6) is 0 Å². The molecule has 0 saturated heterocycles. The largest absolute Gasteiger partial charge is 0.393 e. The van der Waals surface area contributed by atoms with Gasteiger partial charge in [0.15, 0.2) is 0 Å². The Morgan fingerprint density at radius 3 is 3.06 bits per heavy atom. The Bertz CT molecular complexity index is 357. The molecule has 0 saturated carbocycles. The molecule has 0 aliphatic rings. The van der Waals surface area contributed by atoms with Crippen LogP contribution in [0.2, 0.25) is 0 Å². The average Bonchev–Trinajstić information content (AvgIpc) is 2.29. The van der Waals surface area contributed by atoms with Crippen LogP contribution < -0.4 is 5.32 Å². The first-order chi connectivity index (χ1) is 7.65. The maximum absolute atomic E-state index is 10.6. The molecule has 1 aromatic heterocycles. The van der Waals surface area contributed by atoms with Gasteiger partial charge in [-0.15, -0.1) is 0 Å². The van der Waals surface area contributed by atoms with Crippen molar-refractivity contribution in [2.24, 2.45) is 0 Å². The summed E-state index contributed by atoms with van der Waals surface area (Å²) in [7, 11) is 0. The van der Waals surface area contributed by atoms with Gasteiger partial charge in [0.2, 0.25) is 0 Å². The summed E-state index contributed by atoms with van der Waals surface area (Å²) in [4.78, 5) is 13.8. The number of rotatable bonds is 6. The number of aliphatic hydroxyl groups excluding tert-OH is 1. The zero-order valence-electron chi connectivity index (χ0n) is 9.09. The third kappa shape index (κ3) is 3.47. The number of hydrogen-bond donors (Lipinski definition) is 2. The van der Waals surface area contributed by atoms with E-state index in [0.717, 1.165) is 0 Å². The highest BCUT2D eigenvalue weighted by Gasteiger charge is 2.13. The molecule has 88 valence electrons. The molecule has 6 heteroatoms. The molecule has 0 spiro atoms. The molecule has 1 rings (SSSR count). The molecule has 1 heterocycles. The van der Waals surface area contributed by atoms with E-state index < -0.39 is 4.92 Å². The van der Waals surface area contributed by atoms with Crippen LogP contribution in [-0.2, 0) is 0 Å². The van der Waals surface area contributed by atoms with E-state index in [1.807, 2.05) is 6.92 Å². The van der Waals surface area contributed by atoms with Gasteiger partial charge in [-0.1, -0.05) is 6.92 Å². The zero-order valence-corrected chi connectivity index (χ0v) is 9.09. The third-order valence-corrected chi connectivity index (χ3v) is 2.22. The minimum Gasteiger partial charge on any atom is -0.393 e. The van der Waals surface area contributed by atoms with E-state index in [1.54, 1.807) is 12.1 Å². The molecule has 1 aromatic rings. The average molecular weight is 225 g/mol. The highest BCUT2D eigenvalue weighted by atomic mass is 16.6. The Morgan fingerprint density at radius 2 is 2.44 bits per heavy atom. The summed E-state index contributed by atoms with van der Waals surface area (Å²) in [6, 6.07) is 3.23. The number of anilines is 1. The van der Waals surface area contributed by atoms with E-state index in [9.17, 15) is 15.2 Å². The normalized spacial score (nSPS) is 12.1. The van der Waals surface area contributed by atoms with E-state index in [1.165, 1.54) is 6.20 Å². The van der Waals surface area contributed by atoms with Gasteiger partial charge >= 0.3 is 5.82 Å². The topological polar surface area (TPSA) is 88.3 Å². The molecule has 0 amide bonds. The van der Waals surface area contributed by atoms with Gasteiger partial charge in [0, 0.05) is 6.54 Å². The number of aliphatic hydroxyl groups is 1. The molecule has 0 aliphatic carbocycles. The quantitative estimate of drug-likeness (QED) is 0.566. The summed E-state index contributed by atoms with van der Waals surface area (Å²) >= 11 is 0. The summed E-state index contributed by atoms with van der Waals surface area (Å²) in [5.41, 5.74) is 0.385. The van der Waals surface area contributed by atoms with Crippen LogP contribution in [0, 0.1) is 10.1 Å². The molecule has 0 radical (unpaired) electrons. The fraction of sp³-hybridized carbons (Fsp3) is 0.500. The second-order valence-corrected chi connectivity index (χ2v) is 3.41. The SMILES string of the molecule is CCC(O)CCNc1cccnc1[N+](=O)[O-]. The Kier molecular flexibility index (Phi) is 4.65. The lowest BCUT2D eigenvalue weighted by Crippen LogP contribution is -2.13. The Labute approximate surface area is 93.5 Å². The minimum absolute atomic E-state index is 0.187. The van der Waals surface area contributed by atoms with Crippen LogP contribution in [0.4, 0.5) is 11.5 Å². The Balaban J connectivity index is 2.56. The van der Waals surface area contributed by atoms with Crippen LogP contribution in [0.25, 0.3) is 0 Å². The Morgan fingerprint density at radius 1 is 1.69 bits per heavy atom. The second kappa shape index (κ2) is 6.02. The summed E-state index contributed by atoms with van der Waals surface area (Å²) in [6.45, 7) is 2.37. The monoisotopic (exact) mass is 225 g/mol. The van der Waals surface area contributed by atoms with Crippen LogP contribution >= 0.6 is 0 Å². The number of nitrogens with one attached hydrogen (secondary N) is 1. The molecule has 0 aliphatic heterocycles. The second-order valence-electron chi connectivity index (χ2n) is 3.41. The van der Waals surface area contributed by atoms with Crippen LogP contribution in [0.15, 0.2) is 18.3 Å². The van der Waals surface area contributed by atoms with Gasteiger partial charge in [-0.25, -0.2) is 0 Å². The van der Waals surface area contributed by atoms with Gasteiger partial charge < -0.3 is 20.5 Å². The van der Waals surface area contributed by atoms with Gasteiger partial charge in [-0.2, -0.15) is 0 Å². The molecular weight excluding hydrogens is 210 g/mol. The summed E-state index contributed by atoms with van der Waals surface area (Å²) < 4.78 is 0. The van der Waals surface area contributed by atoms with Gasteiger partial charge in [0.1, 0.15) is 11.9 Å². The van der Waals surface area contributed by atoms with Crippen molar-refractivity contribution in [1.29, 1.82) is 0 Å². The van der Waals surface area contributed by atoms with Crippen molar-refractivity contribution < 1.29 is 10.0 Å². The summed E-state index contributed by atoms with van der Waals surface area (Å²) in [5.74, 6) is -0.187. The van der Waals surface area contributed by atoms with Crippen molar-refractivity contribution in [2.45, 2.75) is 25.9 Å². The predicted octanol–water partition coefficient (Wildman–Crippen LogP) is 1.56. The van der Waals surface area contributed by atoms with Crippen molar-refractivity contribution in [2.75, 3.05) is 11.9 Å². The molecule has 16 heavy (non-hydrogen) atoms. The van der Waals surface area contributed by atoms with Gasteiger partial charge in [0.05, 0.1) is 6.10 Å². The fourth-order valence-corrected chi connectivity index (χ4v) is 1.26. The molecule has 6 nitrogen and oxygen atoms in total. The van der Waals surface area contributed by atoms with E-state index in [4.69, 9.17) is 0 Å². The lowest BCUT2D eigenvalue weighted by molar-refractivity contribution is -0.388. The lowest BCUT2D eigenvalue weighted by Gasteiger charge is -2.09. The third-order valence-electron chi connectivity index (χ3n) is 2.22. The van der Waals surface area contributed by atoms with Gasteiger partial charge in [-0.3, -0.25) is 0 Å². The van der Waals surface area contributed by atoms with E-state index in [-0.39, 0.29) is 11.9 Å². The highest BCUT2D eigenvalue weighted by Crippen LogP contribution is 2.19. The number of aromatic nitrogens is 1. The van der Waals surface area contributed by atoms with Crippen molar-refractivity contribution >= 4 is 11.5 Å². The van der Waals surface area contributed by atoms with E-state index in [2.05, 4.69) is 10.3 Å². The molecule has 2 N–H and O–H groups in total. The molecule has 1 atom stereocenters. The standard InChI is InChI=1S/C10H15N3O3/c1-2-8(14)5-7-11-9-4-3-6-12-10(9)13(15)16/h3-4,6,8,11,14H,2,5,7H2,1H3. The smallest absolute Gasteiger partial charge is 0.386 e. The number of nitrogens with zero attached hydrogens (tertiary/aromatic N) is 2. The highest BCUT2D eigenvalue weighted by molar-refractivity contribution is 5.56. The summed E-state index contributed by atoms with van der Waals surface area (Å²) in [6.07, 6.45) is 2.24. The molecule has 0 fully saturated rings. The van der Waals surface area contributed by atoms with Crippen molar-refractivity contribution in [3.8, 4) is 0 Å². The first-order valence-electron chi connectivity index (χ1n) is 5.16. The molecule has 0 bridgehead atoms. The van der Waals surface area contributed by atoms with Crippen LogP contribution in [-0.4, -0.2) is 27.7 Å². The Hall–Kier alpha value is -1.69. The van der Waals surface area contributed by atoms with Gasteiger partial charge in [-0.05, 0) is 34.9 Å².